The van der Waals surface area contributed by atoms with Crippen molar-refractivity contribution in [2.75, 3.05) is 13.6 Å². The van der Waals surface area contributed by atoms with Gasteiger partial charge in [-0.25, -0.2) is 12.7 Å². The maximum Gasteiger partial charge on any atom is 0.216 e. The van der Waals surface area contributed by atoms with Crippen molar-refractivity contribution in [1.29, 1.82) is 0 Å². The third-order valence-electron chi connectivity index (χ3n) is 5.08. The summed E-state index contributed by atoms with van der Waals surface area (Å²) >= 11 is 0. The van der Waals surface area contributed by atoms with Gasteiger partial charge in [-0.1, -0.05) is 26.2 Å². The van der Waals surface area contributed by atoms with Crippen LogP contribution in [0.4, 0.5) is 0 Å². The van der Waals surface area contributed by atoms with Gasteiger partial charge in [0, 0.05) is 19.1 Å². The van der Waals surface area contributed by atoms with Gasteiger partial charge in [-0.15, -0.1) is 0 Å². The van der Waals surface area contributed by atoms with Gasteiger partial charge in [0.2, 0.25) is 10.0 Å². The van der Waals surface area contributed by atoms with Crippen LogP contribution in [0.2, 0.25) is 0 Å². The van der Waals surface area contributed by atoms with Crippen molar-refractivity contribution in [3.05, 3.63) is 0 Å². The van der Waals surface area contributed by atoms with Crippen LogP contribution in [0, 0.1) is 0 Å². The van der Waals surface area contributed by atoms with Gasteiger partial charge in [0.1, 0.15) is 0 Å². The Balaban J connectivity index is 1.91. The number of nitrogens with zero attached hydrogens (tertiary/aromatic N) is 1. The van der Waals surface area contributed by atoms with Crippen LogP contribution in [0.25, 0.3) is 0 Å². The van der Waals surface area contributed by atoms with E-state index in [0.29, 0.717) is 6.04 Å². The predicted octanol–water partition coefficient (Wildman–Crippen LogP) is 2.50. The molecule has 0 atom stereocenters. The van der Waals surface area contributed by atoms with E-state index in [9.17, 15) is 8.42 Å². The fourth-order valence-corrected chi connectivity index (χ4v) is 5.76. The number of hydrogen-bond acceptors (Lipinski definition) is 3. The Labute approximate surface area is 124 Å². The summed E-state index contributed by atoms with van der Waals surface area (Å²) in [5.41, 5.74) is 0. The molecule has 2 rings (SSSR count). The van der Waals surface area contributed by atoms with Crippen LogP contribution in [0.3, 0.4) is 0 Å². The molecule has 0 saturated heterocycles. The first-order valence-electron chi connectivity index (χ1n) is 8.26. The van der Waals surface area contributed by atoms with Crippen molar-refractivity contribution < 1.29 is 8.42 Å². The smallest absolute Gasteiger partial charge is 0.216 e. The van der Waals surface area contributed by atoms with Gasteiger partial charge in [-0.05, 0) is 45.1 Å². The van der Waals surface area contributed by atoms with E-state index in [-0.39, 0.29) is 11.3 Å². The molecule has 0 aromatic heterocycles. The Bertz CT molecular complexity index is 383. The zero-order chi connectivity index (χ0) is 14.6. The lowest BCUT2D eigenvalue weighted by Crippen LogP contribution is -2.46. The summed E-state index contributed by atoms with van der Waals surface area (Å²) in [6, 6.07) is 0.805. The minimum atomic E-state index is -3.08. The lowest BCUT2D eigenvalue weighted by atomic mass is 9.91. The summed E-state index contributed by atoms with van der Waals surface area (Å²) in [4.78, 5) is 0. The minimum absolute atomic E-state index is 0.118. The summed E-state index contributed by atoms with van der Waals surface area (Å²) in [6.45, 7) is 3.14. The van der Waals surface area contributed by atoms with Crippen LogP contribution in [-0.2, 0) is 10.0 Å². The van der Waals surface area contributed by atoms with Gasteiger partial charge < -0.3 is 5.32 Å². The molecule has 2 aliphatic rings. The Morgan fingerprint density at radius 2 is 1.60 bits per heavy atom. The van der Waals surface area contributed by atoms with Gasteiger partial charge in [-0.3, -0.25) is 0 Å². The monoisotopic (exact) mass is 302 g/mol. The third-order valence-corrected chi connectivity index (χ3v) is 7.49. The molecule has 0 aliphatic heterocycles. The molecule has 2 aliphatic carbocycles. The Morgan fingerprint density at radius 1 is 1.00 bits per heavy atom. The highest BCUT2D eigenvalue weighted by Gasteiger charge is 2.35. The van der Waals surface area contributed by atoms with Crippen LogP contribution in [0.5, 0.6) is 0 Å². The van der Waals surface area contributed by atoms with Crippen molar-refractivity contribution >= 4 is 10.0 Å². The highest BCUT2D eigenvalue weighted by Crippen LogP contribution is 2.30. The van der Waals surface area contributed by atoms with Gasteiger partial charge in [-0.2, -0.15) is 0 Å². The molecule has 2 fully saturated rings. The summed E-state index contributed by atoms with van der Waals surface area (Å²) in [6.07, 6.45) is 9.27. The molecule has 0 unspecified atom stereocenters. The molecule has 5 heteroatoms. The van der Waals surface area contributed by atoms with E-state index in [1.165, 1.54) is 6.42 Å². The van der Waals surface area contributed by atoms with E-state index in [0.717, 1.165) is 57.9 Å². The van der Waals surface area contributed by atoms with Gasteiger partial charge in [0.25, 0.3) is 0 Å². The molecule has 20 heavy (non-hydrogen) atoms. The fourth-order valence-electron chi connectivity index (χ4n) is 3.74. The summed E-state index contributed by atoms with van der Waals surface area (Å²) in [5.74, 6) is 0. The molecule has 0 amide bonds. The molecular formula is C15H30N2O2S. The van der Waals surface area contributed by atoms with E-state index in [2.05, 4.69) is 12.2 Å². The fraction of sp³-hybridized carbons (Fsp3) is 1.00. The summed E-state index contributed by atoms with van der Waals surface area (Å²) < 4.78 is 27.1. The van der Waals surface area contributed by atoms with Crippen LogP contribution < -0.4 is 5.32 Å². The largest absolute Gasteiger partial charge is 0.314 e. The van der Waals surface area contributed by atoms with Crippen LogP contribution >= 0.6 is 0 Å². The Morgan fingerprint density at radius 3 is 2.15 bits per heavy atom. The number of nitrogens with one attached hydrogen (secondary N) is 1. The average molecular weight is 302 g/mol. The molecule has 0 heterocycles. The number of rotatable bonds is 5. The van der Waals surface area contributed by atoms with E-state index in [4.69, 9.17) is 0 Å². The zero-order valence-electron chi connectivity index (χ0n) is 13.0. The topological polar surface area (TPSA) is 49.4 Å². The quantitative estimate of drug-likeness (QED) is 0.849. The van der Waals surface area contributed by atoms with Crippen LogP contribution in [0.15, 0.2) is 0 Å². The van der Waals surface area contributed by atoms with E-state index in [1.807, 2.05) is 7.05 Å². The summed E-state index contributed by atoms with van der Waals surface area (Å²) in [5, 5.41) is 3.36. The van der Waals surface area contributed by atoms with Gasteiger partial charge >= 0.3 is 0 Å². The number of hydrogen-bond donors (Lipinski definition) is 1. The molecular weight excluding hydrogens is 272 g/mol. The maximum absolute atomic E-state index is 12.7. The second-order valence-corrected chi connectivity index (χ2v) is 8.66. The van der Waals surface area contributed by atoms with Crippen LogP contribution in [0.1, 0.15) is 64.7 Å². The van der Waals surface area contributed by atoms with E-state index in [1.54, 1.807) is 4.31 Å². The molecule has 2 saturated carbocycles. The van der Waals surface area contributed by atoms with Crippen LogP contribution in [-0.4, -0.2) is 43.6 Å². The van der Waals surface area contributed by atoms with Crippen molar-refractivity contribution in [3.63, 3.8) is 0 Å². The van der Waals surface area contributed by atoms with E-state index >= 15 is 0 Å². The van der Waals surface area contributed by atoms with Crippen molar-refractivity contribution in [3.8, 4) is 0 Å². The zero-order valence-corrected chi connectivity index (χ0v) is 13.8. The standard InChI is InChI=1S/C15H30N2O2S/c1-3-16-13-9-11-14(12-10-13)17(2)20(18,19)15-7-5-4-6-8-15/h13-16H,3-12H2,1-2H3. The third kappa shape index (κ3) is 3.74. The normalized spacial score (nSPS) is 29.8. The van der Waals surface area contributed by atoms with Gasteiger partial charge in [0.15, 0.2) is 0 Å². The summed E-state index contributed by atoms with van der Waals surface area (Å²) in [7, 11) is -1.27. The first-order chi connectivity index (χ1) is 9.55. The Kier molecular flexibility index (Phi) is 5.87. The molecule has 0 aromatic rings. The molecule has 0 spiro atoms. The second kappa shape index (κ2) is 7.23. The highest BCUT2D eigenvalue weighted by atomic mass is 32.2. The maximum atomic E-state index is 12.7. The van der Waals surface area contributed by atoms with Crippen molar-refractivity contribution in [2.24, 2.45) is 0 Å². The van der Waals surface area contributed by atoms with Crippen molar-refractivity contribution in [2.45, 2.75) is 82.0 Å². The highest BCUT2D eigenvalue weighted by molar-refractivity contribution is 7.89. The molecule has 0 aromatic carbocycles. The molecule has 0 radical (unpaired) electrons. The molecule has 1 N–H and O–H groups in total. The first-order valence-corrected chi connectivity index (χ1v) is 9.76. The molecule has 0 bridgehead atoms. The lowest BCUT2D eigenvalue weighted by Gasteiger charge is -2.36. The predicted molar refractivity (Wildman–Crippen MR) is 83.3 cm³/mol. The molecule has 118 valence electrons. The van der Waals surface area contributed by atoms with Gasteiger partial charge in [0.05, 0.1) is 5.25 Å². The SMILES string of the molecule is CCNC1CCC(N(C)S(=O)(=O)C2CCCCC2)CC1. The molecule has 4 nitrogen and oxygen atoms in total. The lowest BCUT2D eigenvalue weighted by molar-refractivity contribution is 0.247. The van der Waals surface area contributed by atoms with E-state index < -0.39 is 10.0 Å². The van der Waals surface area contributed by atoms with Crippen molar-refractivity contribution in [1.82, 2.24) is 9.62 Å². The second-order valence-electron chi connectivity index (χ2n) is 6.38. The Hall–Kier alpha value is -0.130. The number of sulfonamides is 1. The average Bonchev–Trinajstić information content (AvgIpc) is 2.48. The minimum Gasteiger partial charge on any atom is -0.314 e. The first kappa shape index (κ1) is 16.2.